The molecule has 1 unspecified atom stereocenters. The summed E-state index contributed by atoms with van der Waals surface area (Å²) in [5.74, 6) is -0.387. The third-order valence-electron chi connectivity index (χ3n) is 3.82. The van der Waals surface area contributed by atoms with E-state index in [1.54, 1.807) is 30.1 Å². The van der Waals surface area contributed by atoms with Crippen LogP contribution >= 0.6 is 0 Å². The van der Waals surface area contributed by atoms with Gasteiger partial charge in [-0.25, -0.2) is 4.39 Å². The van der Waals surface area contributed by atoms with Gasteiger partial charge in [0.1, 0.15) is 12.6 Å². The predicted molar refractivity (Wildman–Crippen MR) is 83.6 cm³/mol. The number of benzene rings is 1. The number of likely N-dealkylation sites (N-methyl/N-ethyl adjacent to an activating group) is 1. The number of halogens is 1. The van der Waals surface area contributed by atoms with Crippen LogP contribution in [0.2, 0.25) is 0 Å². The average Bonchev–Trinajstić information content (AvgIpc) is 2.56. The summed E-state index contributed by atoms with van der Waals surface area (Å²) in [6.07, 6.45) is 0. The Balaban J connectivity index is 1.81. The number of piperazine rings is 1. The average molecular weight is 323 g/mol. The molecule has 2 amide bonds. The first-order valence-electron chi connectivity index (χ1n) is 7.60. The summed E-state index contributed by atoms with van der Waals surface area (Å²) in [5.41, 5.74) is 0. The lowest BCUT2D eigenvalue weighted by Gasteiger charge is -2.34. The summed E-state index contributed by atoms with van der Waals surface area (Å²) in [4.78, 5) is 27.0. The zero-order valence-corrected chi connectivity index (χ0v) is 13.4. The van der Waals surface area contributed by atoms with Gasteiger partial charge in [-0.3, -0.25) is 9.59 Å². The first kappa shape index (κ1) is 17.2. The Bertz CT molecular complexity index is 567. The number of carbonyl (C=O) groups excluding carboxylic acids is 2. The molecule has 1 aromatic rings. The number of rotatable bonds is 5. The summed E-state index contributed by atoms with van der Waals surface area (Å²) < 4.78 is 18.8. The molecule has 1 fully saturated rings. The summed E-state index contributed by atoms with van der Waals surface area (Å²) in [6, 6.07) is 5.74. The Morgan fingerprint density at radius 3 is 2.87 bits per heavy atom. The highest BCUT2D eigenvalue weighted by Crippen LogP contribution is 2.15. The lowest BCUT2D eigenvalue weighted by Crippen LogP contribution is -2.58. The first-order valence-corrected chi connectivity index (χ1v) is 7.60. The molecule has 23 heavy (non-hydrogen) atoms. The molecule has 126 valence electrons. The van der Waals surface area contributed by atoms with E-state index < -0.39 is 11.9 Å². The van der Waals surface area contributed by atoms with Crippen LogP contribution in [0.4, 0.5) is 4.39 Å². The van der Waals surface area contributed by atoms with Crippen LogP contribution in [-0.4, -0.2) is 67.5 Å². The van der Waals surface area contributed by atoms with Gasteiger partial charge < -0.3 is 19.9 Å². The molecule has 7 heteroatoms. The molecule has 0 aliphatic carbocycles. The second-order valence-electron chi connectivity index (χ2n) is 5.51. The van der Waals surface area contributed by atoms with Crippen LogP contribution < -0.4 is 10.1 Å². The van der Waals surface area contributed by atoms with Crippen molar-refractivity contribution < 1.29 is 18.7 Å². The van der Waals surface area contributed by atoms with Crippen molar-refractivity contribution in [2.24, 2.45) is 0 Å². The minimum absolute atomic E-state index is 0.0326. The van der Waals surface area contributed by atoms with E-state index in [4.69, 9.17) is 4.74 Å². The molecular weight excluding hydrogens is 301 g/mol. The Labute approximate surface area is 135 Å². The van der Waals surface area contributed by atoms with Crippen molar-refractivity contribution in [1.29, 1.82) is 0 Å². The molecule has 0 aromatic heterocycles. The predicted octanol–water partition coefficient (Wildman–Crippen LogP) is 0.483. The van der Waals surface area contributed by atoms with Crippen LogP contribution in [0.1, 0.15) is 6.92 Å². The fourth-order valence-corrected chi connectivity index (χ4v) is 2.43. The molecule has 2 rings (SSSR count). The van der Waals surface area contributed by atoms with Gasteiger partial charge in [0.2, 0.25) is 11.8 Å². The van der Waals surface area contributed by atoms with Gasteiger partial charge in [-0.15, -0.1) is 0 Å². The van der Waals surface area contributed by atoms with Crippen LogP contribution in [0.15, 0.2) is 24.3 Å². The van der Waals surface area contributed by atoms with E-state index in [1.807, 2.05) is 0 Å². The van der Waals surface area contributed by atoms with E-state index in [1.165, 1.54) is 17.9 Å². The fourth-order valence-electron chi connectivity index (χ4n) is 2.43. The van der Waals surface area contributed by atoms with Gasteiger partial charge in [0.05, 0.1) is 6.54 Å². The third kappa shape index (κ3) is 4.66. The molecule has 1 N–H and O–H groups in total. The van der Waals surface area contributed by atoms with Crippen LogP contribution in [0.5, 0.6) is 5.75 Å². The number of nitrogens with one attached hydrogen (secondary N) is 1. The Morgan fingerprint density at radius 2 is 2.17 bits per heavy atom. The summed E-state index contributed by atoms with van der Waals surface area (Å²) in [6.45, 7) is 3.61. The molecule has 0 bridgehead atoms. The van der Waals surface area contributed by atoms with Gasteiger partial charge in [0.25, 0.3) is 0 Å². The molecule has 1 aliphatic rings. The normalized spacial score (nSPS) is 17.7. The molecule has 6 nitrogen and oxygen atoms in total. The number of para-hydroxylation sites is 1. The maximum Gasteiger partial charge on any atom is 0.241 e. The number of hydrogen-bond acceptors (Lipinski definition) is 4. The smallest absolute Gasteiger partial charge is 0.241 e. The molecule has 1 saturated heterocycles. The lowest BCUT2D eigenvalue weighted by atomic mass is 10.2. The Kier molecular flexibility index (Phi) is 5.92. The van der Waals surface area contributed by atoms with Gasteiger partial charge in [0.15, 0.2) is 11.6 Å². The molecule has 1 atom stereocenters. The van der Waals surface area contributed by atoms with Crippen molar-refractivity contribution >= 4 is 11.8 Å². The van der Waals surface area contributed by atoms with E-state index in [9.17, 15) is 14.0 Å². The van der Waals surface area contributed by atoms with Crippen molar-refractivity contribution in [2.45, 2.75) is 13.0 Å². The van der Waals surface area contributed by atoms with Gasteiger partial charge in [-0.05, 0) is 12.1 Å². The molecule has 0 saturated carbocycles. The molecule has 1 heterocycles. The SMILES string of the molecule is CC(=O)N1CCNC(C(=O)N(C)CCOc2ccccc2F)C1. The van der Waals surface area contributed by atoms with Crippen LogP contribution in [0.3, 0.4) is 0 Å². The van der Waals surface area contributed by atoms with Crippen molar-refractivity contribution in [3.63, 3.8) is 0 Å². The van der Waals surface area contributed by atoms with Crippen LogP contribution in [0.25, 0.3) is 0 Å². The standard InChI is InChI=1S/C16H22FN3O3/c1-12(21)20-8-7-18-14(11-20)16(22)19(2)9-10-23-15-6-4-3-5-13(15)17/h3-6,14,18H,7-11H2,1-2H3. The van der Waals surface area contributed by atoms with Crippen LogP contribution in [0, 0.1) is 5.82 Å². The summed E-state index contributed by atoms with van der Waals surface area (Å²) in [5, 5.41) is 3.12. The van der Waals surface area contributed by atoms with Crippen molar-refractivity contribution in [2.75, 3.05) is 39.8 Å². The van der Waals surface area contributed by atoms with Gasteiger partial charge in [0, 0.05) is 33.6 Å². The third-order valence-corrected chi connectivity index (χ3v) is 3.82. The number of nitrogens with zero attached hydrogens (tertiary/aromatic N) is 2. The van der Waals surface area contributed by atoms with E-state index >= 15 is 0 Å². The molecule has 1 aromatic carbocycles. The number of amides is 2. The Morgan fingerprint density at radius 1 is 1.43 bits per heavy atom. The number of hydrogen-bond donors (Lipinski definition) is 1. The van der Waals surface area contributed by atoms with Crippen molar-refractivity contribution in [3.8, 4) is 5.75 Å². The molecule has 1 aliphatic heterocycles. The van der Waals surface area contributed by atoms with E-state index in [0.717, 1.165) is 0 Å². The summed E-state index contributed by atoms with van der Waals surface area (Å²) >= 11 is 0. The number of ether oxygens (including phenoxy) is 1. The topological polar surface area (TPSA) is 61.9 Å². The molecule has 0 radical (unpaired) electrons. The van der Waals surface area contributed by atoms with Crippen molar-refractivity contribution in [1.82, 2.24) is 15.1 Å². The van der Waals surface area contributed by atoms with E-state index in [-0.39, 0.29) is 24.2 Å². The largest absolute Gasteiger partial charge is 0.489 e. The maximum absolute atomic E-state index is 13.4. The van der Waals surface area contributed by atoms with Crippen LogP contribution in [-0.2, 0) is 9.59 Å². The quantitative estimate of drug-likeness (QED) is 0.856. The van der Waals surface area contributed by atoms with E-state index in [0.29, 0.717) is 26.2 Å². The van der Waals surface area contributed by atoms with Gasteiger partial charge in [-0.2, -0.15) is 0 Å². The fraction of sp³-hybridized carbons (Fsp3) is 0.500. The maximum atomic E-state index is 13.4. The second kappa shape index (κ2) is 7.92. The van der Waals surface area contributed by atoms with E-state index in [2.05, 4.69) is 5.32 Å². The second-order valence-corrected chi connectivity index (χ2v) is 5.51. The molecular formula is C16H22FN3O3. The molecule has 0 spiro atoms. The minimum Gasteiger partial charge on any atom is -0.489 e. The van der Waals surface area contributed by atoms with Gasteiger partial charge >= 0.3 is 0 Å². The lowest BCUT2D eigenvalue weighted by molar-refractivity contribution is -0.136. The number of carbonyl (C=O) groups is 2. The highest BCUT2D eigenvalue weighted by atomic mass is 19.1. The van der Waals surface area contributed by atoms with Gasteiger partial charge in [-0.1, -0.05) is 12.1 Å². The highest BCUT2D eigenvalue weighted by molar-refractivity contribution is 5.83. The van der Waals surface area contributed by atoms with Crippen molar-refractivity contribution in [3.05, 3.63) is 30.1 Å². The first-order chi connectivity index (χ1) is 11.0. The monoisotopic (exact) mass is 323 g/mol. The zero-order valence-electron chi connectivity index (χ0n) is 13.4. The highest BCUT2D eigenvalue weighted by Gasteiger charge is 2.28. The summed E-state index contributed by atoms with van der Waals surface area (Å²) in [7, 11) is 1.67. The minimum atomic E-state index is -0.424. The zero-order chi connectivity index (χ0) is 16.8. The Hall–Kier alpha value is -2.15.